The molecule has 7 unspecified atom stereocenters. The van der Waals surface area contributed by atoms with Gasteiger partial charge >= 0.3 is 30.0 Å². The Kier molecular flexibility index (Phi) is 24.0. The zero-order chi connectivity index (χ0) is 74.7. The number of carboxylic acids is 1. The second-order valence-corrected chi connectivity index (χ2v) is 28.9. The van der Waals surface area contributed by atoms with E-state index >= 15 is 0 Å². The molecule has 32 heteroatoms. The number of carbonyl (C=O) groups is 9. The van der Waals surface area contributed by atoms with Crippen molar-refractivity contribution in [3.05, 3.63) is 159 Å². The molecule has 10 rings (SSSR count). The Morgan fingerprint density at radius 1 is 0.846 bits per heavy atom. The molecule has 1 fully saturated rings. The molecular formula is C72H85N15O15S2. The zero-order valence-corrected chi connectivity index (χ0v) is 60.1. The number of pyridine rings is 2. The number of amides is 8. The third kappa shape index (κ3) is 17.9. The number of thiocarbonyl (C=S) groups is 1. The number of benzene rings is 3. The molecule has 4 aliphatic rings. The van der Waals surface area contributed by atoms with Crippen molar-refractivity contribution in [3.63, 3.8) is 0 Å². The molecule has 0 radical (unpaired) electrons. The van der Waals surface area contributed by atoms with Crippen molar-refractivity contribution in [2.24, 2.45) is 17.8 Å². The second-order valence-electron chi connectivity index (χ2n) is 26.8. The molecule has 30 nitrogen and oxygen atoms in total. The number of para-hydroxylation sites is 1. The largest absolute Gasteiger partial charge is 0.481 e. The summed E-state index contributed by atoms with van der Waals surface area (Å²) in [7, 11) is -4.21. The monoisotopic (exact) mass is 1460 g/mol. The molecule has 6 aromatic rings. The molecule has 0 spiro atoms. The Morgan fingerprint density at radius 3 is 2.34 bits per heavy atom. The minimum Gasteiger partial charge on any atom is -0.481 e. The summed E-state index contributed by atoms with van der Waals surface area (Å²) in [5, 5.41) is 35.8. The first-order valence-electron chi connectivity index (χ1n) is 34.4. The number of imidazole rings is 1. The first kappa shape index (κ1) is 75.6. The van der Waals surface area contributed by atoms with E-state index in [0.29, 0.717) is 78.3 Å². The molecule has 7 atom stereocenters. The Morgan fingerprint density at radius 2 is 1.62 bits per heavy atom. The van der Waals surface area contributed by atoms with Crippen molar-refractivity contribution in [1.82, 2.24) is 67.0 Å². The molecule has 0 bridgehead atoms. The highest BCUT2D eigenvalue weighted by Crippen LogP contribution is 2.42. The number of urea groups is 2. The summed E-state index contributed by atoms with van der Waals surface area (Å²) >= 11 is 5.89. The molecule has 0 saturated carbocycles. The highest BCUT2D eigenvalue weighted by Gasteiger charge is 2.52. The summed E-state index contributed by atoms with van der Waals surface area (Å²) in [5.41, 5.74) is 2.34. The quantitative estimate of drug-likeness (QED) is 0.0202. The normalized spacial score (nSPS) is 17.8. The van der Waals surface area contributed by atoms with Crippen LogP contribution in [0.2, 0.25) is 0 Å². The summed E-state index contributed by atoms with van der Waals surface area (Å²) in [6.45, 7) is 12.5. The second kappa shape index (κ2) is 33.0. The number of anilines is 2. The molecule has 6 heterocycles. The number of hydrogen-bond donors (Lipinski definition) is 12. The van der Waals surface area contributed by atoms with Gasteiger partial charge < -0.3 is 76.9 Å². The predicted molar refractivity (Wildman–Crippen MR) is 387 cm³/mol. The van der Waals surface area contributed by atoms with Crippen LogP contribution in [0.5, 0.6) is 0 Å². The lowest BCUT2D eigenvalue weighted by Gasteiger charge is -2.37. The third-order valence-corrected chi connectivity index (χ3v) is 20.0. The summed E-state index contributed by atoms with van der Waals surface area (Å²) in [5.74, 6) is -6.98. The van der Waals surface area contributed by atoms with E-state index in [-0.39, 0.29) is 76.8 Å². The molecule has 104 heavy (non-hydrogen) atoms. The third-order valence-electron chi connectivity index (χ3n) is 18.3. The summed E-state index contributed by atoms with van der Waals surface area (Å²) in [6, 6.07) is 15.7. The number of carbonyl (C=O) groups excluding carboxylic acids is 8. The van der Waals surface area contributed by atoms with Crippen LogP contribution in [0, 0.1) is 17.8 Å². The van der Waals surface area contributed by atoms with Gasteiger partial charge in [-0.25, -0.2) is 37.6 Å². The van der Waals surface area contributed by atoms with Crippen molar-refractivity contribution < 1.29 is 66.1 Å². The maximum absolute atomic E-state index is 14.6. The Bertz CT molecular complexity index is 4580. The first-order chi connectivity index (χ1) is 49.6. The van der Waals surface area contributed by atoms with Gasteiger partial charge in [-0.2, -0.15) is 0 Å². The summed E-state index contributed by atoms with van der Waals surface area (Å²) in [4.78, 5) is 151. The number of nitrogens with one attached hydrogen (secondary N) is 11. The average Bonchev–Trinajstić information content (AvgIpc) is 1.42. The van der Waals surface area contributed by atoms with Gasteiger partial charge in [-0.3, -0.25) is 33.5 Å². The number of aromatic amines is 1. The van der Waals surface area contributed by atoms with Crippen LogP contribution in [0.3, 0.4) is 0 Å². The molecular weight excluding hydrogens is 1380 g/mol. The number of aromatic nitrogens is 4. The van der Waals surface area contributed by atoms with Crippen molar-refractivity contribution in [2.45, 2.75) is 154 Å². The van der Waals surface area contributed by atoms with Gasteiger partial charge in [0.1, 0.15) is 30.8 Å². The SMILES string of the molecule is CCCNC(=O)Nc1cccc(S(=O)(=O)Nc2cccc(C(CC(=O)O)NC(=O)NC3=CC=C(NC(=S)N4CCCC4C(=O)NC(CC(C)C)C(=O)NCC(=O)NC(Cc4c[nH]cn4)C(=O)NC(C(=O)OC4(CC)C(=O)OCc5c4cc4n(c5=O)Cc5cc6ccccc6nc5-4)C(C)C)C(C)C3)c2)c1. The van der Waals surface area contributed by atoms with E-state index in [1.165, 1.54) is 55.0 Å². The topological polar surface area (TPSA) is 414 Å². The van der Waals surface area contributed by atoms with Crippen molar-refractivity contribution >= 4 is 103 Å². The van der Waals surface area contributed by atoms with Crippen molar-refractivity contribution in [3.8, 4) is 11.4 Å². The van der Waals surface area contributed by atoms with Gasteiger partial charge in [-0.1, -0.05) is 84.9 Å². The Balaban J connectivity index is 0.735. The number of esters is 2. The number of nitrogens with zero attached hydrogens (tertiary/aromatic N) is 4. The van der Waals surface area contributed by atoms with Crippen molar-refractivity contribution in [1.29, 1.82) is 0 Å². The van der Waals surface area contributed by atoms with Gasteiger partial charge in [0.15, 0.2) is 5.11 Å². The van der Waals surface area contributed by atoms with Gasteiger partial charge in [0, 0.05) is 70.9 Å². The number of rotatable bonds is 28. The number of carboxylic acid groups (broad SMARTS) is 1. The van der Waals surface area contributed by atoms with E-state index in [1.54, 1.807) is 54.5 Å². The lowest BCUT2D eigenvalue weighted by Crippen LogP contribution is -2.57. The molecule has 3 aromatic heterocycles. The van der Waals surface area contributed by atoms with Gasteiger partial charge in [0.2, 0.25) is 29.2 Å². The highest BCUT2D eigenvalue weighted by molar-refractivity contribution is 7.92. The van der Waals surface area contributed by atoms with Crippen LogP contribution in [-0.4, -0.2) is 140 Å². The number of fused-ring (bicyclic) bond motifs is 5. The van der Waals surface area contributed by atoms with Crippen LogP contribution < -0.4 is 58.1 Å². The number of aliphatic carboxylic acids is 1. The maximum Gasteiger partial charge on any atom is 0.355 e. The van der Waals surface area contributed by atoms with Gasteiger partial charge in [0.25, 0.3) is 15.6 Å². The van der Waals surface area contributed by atoms with Crippen LogP contribution in [0.25, 0.3) is 22.3 Å². The van der Waals surface area contributed by atoms with Crippen molar-refractivity contribution in [2.75, 3.05) is 29.7 Å². The minimum atomic E-state index is -4.21. The van der Waals surface area contributed by atoms with E-state index < -0.39 is 124 Å². The molecule has 12 N–H and O–H groups in total. The van der Waals surface area contributed by atoms with Gasteiger partial charge in [0.05, 0.1) is 64.9 Å². The number of cyclic esters (lactones) is 1. The van der Waals surface area contributed by atoms with Gasteiger partial charge in [-0.05, 0) is 129 Å². The standard InChI is InChI=1S/C72H85N15O15S2/c1-8-24-74-69(97)77-45-17-13-19-49(30-45)104(99,100)85-47-18-12-16-43(29-47)54(33-60(89)90)82-70(98)78-46-22-23-52(41(7)27-46)83-71(103)86-25-14-21-57(86)65(93)81-55(26-39(3)4)63(91)75-35-59(88)79-56(31-48-34-73-38-76-48)64(92)84-61(40(5)6)67(95)102-72(9-2)51-32-58-62-44(28-42-15-10-11-20-53(42)80-62)36-87(58)66(94)50(51)37-101-68(72)96/h10-13,15-20,22-23,28-30,32,34,38-41,54-57,61,85H,8-9,14,21,24-27,31,33,35-37H2,1-7H3,(H,73,76)(H,75,91)(H,79,88)(H,81,93)(H,83,103)(H,84,92)(H,89,90)(H2,74,77,97)(H2,78,82,98). The first-order valence-corrected chi connectivity index (χ1v) is 36.3. The predicted octanol–water partition coefficient (Wildman–Crippen LogP) is 5.86. The number of sulfonamides is 1. The Hall–Kier alpha value is -11.0. The fourth-order valence-electron chi connectivity index (χ4n) is 12.9. The summed E-state index contributed by atoms with van der Waals surface area (Å²) in [6.07, 6.45) is 7.56. The number of hydrogen-bond acceptors (Lipinski definition) is 17. The van der Waals surface area contributed by atoms with Crippen LogP contribution in [0.15, 0.2) is 131 Å². The maximum atomic E-state index is 14.6. The van der Waals surface area contributed by atoms with E-state index in [9.17, 15) is 61.5 Å². The lowest BCUT2D eigenvalue weighted by molar-refractivity contribution is -0.191. The average molecular weight is 1460 g/mol. The van der Waals surface area contributed by atoms with E-state index in [0.717, 1.165) is 10.9 Å². The number of H-pyrrole nitrogens is 1. The minimum absolute atomic E-state index is 0.0858. The van der Waals surface area contributed by atoms with Crippen LogP contribution in [0.1, 0.15) is 127 Å². The lowest BCUT2D eigenvalue weighted by atomic mass is 9.85. The van der Waals surface area contributed by atoms with Crippen LogP contribution in [-0.2, 0) is 78.2 Å². The fourth-order valence-corrected chi connectivity index (χ4v) is 14.4. The molecule has 1 saturated heterocycles. The smallest absolute Gasteiger partial charge is 0.355 e. The van der Waals surface area contributed by atoms with E-state index in [2.05, 4.69) is 62.5 Å². The highest BCUT2D eigenvalue weighted by atomic mass is 32.2. The van der Waals surface area contributed by atoms with Gasteiger partial charge in [-0.15, -0.1) is 0 Å². The number of ether oxygens (including phenoxy) is 2. The fraction of sp³-hybridized carbons (Fsp3) is 0.403. The molecule has 3 aliphatic heterocycles. The molecule has 8 amide bonds. The molecule has 1 aliphatic carbocycles. The van der Waals surface area contributed by atoms with E-state index in [4.69, 9.17) is 26.7 Å². The zero-order valence-electron chi connectivity index (χ0n) is 58.5. The molecule has 550 valence electrons. The Labute approximate surface area is 605 Å². The summed E-state index contributed by atoms with van der Waals surface area (Å²) < 4.78 is 42.8. The van der Waals surface area contributed by atoms with Crippen LogP contribution in [0.4, 0.5) is 21.0 Å². The van der Waals surface area contributed by atoms with E-state index in [1.807, 2.05) is 58.0 Å². The number of allylic oxidation sites excluding steroid dienone is 4. The number of likely N-dealkylation sites (tertiary alicyclic amines) is 1. The van der Waals surface area contributed by atoms with Crippen LogP contribution >= 0.6 is 12.2 Å². The molecule has 3 aromatic carbocycles.